The lowest BCUT2D eigenvalue weighted by Gasteiger charge is -2.21. The Balaban J connectivity index is 2.63. The van der Waals surface area contributed by atoms with E-state index in [9.17, 15) is 9.32 Å². The van der Waals surface area contributed by atoms with Crippen molar-refractivity contribution in [2.45, 2.75) is 37.5 Å². The van der Waals surface area contributed by atoms with E-state index in [1.165, 1.54) is 0 Å². The Morgan fingerprint density at radius 3 is 2.80 bits per heavy atom. The van der Waals surface area contributed by atoms with Gasteiger partial charge in [-0.05, 0) is 42.0 Å². The van der Waals surface area contributed by atoms with Gasteiger partial charge in [0.15, 0.2) is 0 Å². The van der Waals surface area contributed by atoms with Crippen LogP contribution in [0.4, 0.5) is 0 Å². The van der Waals surface area contributed by atoms with Gasteiger partial charge in [-0.15, -0.1) is 0 Å². The van der Waals surface area contributed by atoms with E-state index >= 15 is 0 Å². The minimum Gasteiger partial charge on any atom is -0.508 e. The van der Waals surface area contributed by atoms with E-state index < -0.39 is 10.8 Å². The van der Waals surface area contributed by atoms with Gasteiger partial charge in [0.1, 0.15) is 5.75 Å². The number of hydrogen-bond donors (Lipinski definition) is 1. The van der Waals surface area contributed by atoms with Crippen LogP contribution >= 0.6 is 0 Å². The standard InChI is InChI=1S/C12H16O2S/c1-8(2)11-7-10(13)6-9-4-3-5-15(14)12(9)11/h6-8,13H,3-5H2,1-2H3. The molecule has 0 radical (unpaired) electrons. The Morgan fingerprint density at radius 1 is 1.40 bits per heavy atom. The van der Waals surface area contributed by atoms with Crippen molar-refractivity contribution in [2.75, 3.05) is 5.75 Å². The monoisotopic (exact) mass is 224 g/mol. The molecule has 1 aromatic carbocycles. The normalized spacial score (nSPS) is 20.3. The highest BCUT2D eigenvalue weighted by Gasteiger charge is 2.21. The fourth-order valence-corrected chi connectivity index (χ4v) is 3.71. The minimum atomic E-state index is -0.867. The molecule has 0 spiro atoms. The minimum absolute atomic E-state index is 0.302. The molecule has 0 amide bonds. The first-order chi connectivity index (χ1) is 7.09. The number of fused-ring (bicyclic) bond motifs is 1. The van der Waals surface area contributed by atoms with Crippen LogP contribution in [0.25, 0.3) is 0 Å². The van der Waals surface area contributed by atoms with Gasteiger partial charge in [-0.2, -0.15) is 0 Å². The fourth-order valence-electron chi connectivity index (χ4n) is 2.08. The molecular formula is C12H16O2S. The van der Waals surface area contributed by atoms with Crippen LogP contribution in [0.1, 0.15) is 37.3 Å². The van der Waals surface area contributed by atoms with Gasteiger partial charge in [0.25, 0.3) is 0 Å². The Morgan fingerprint density at radius 2 is 2.13 bits per heavy atom. The predicted octanol–water partition coefficient (Wildman–Crippen LogP) is 2.57. The first kappa shape index (κ1) is 10.7. The number of rotatable bonds is 1. The molecule has 0 saturated carbocycles. The van der Waals surface area contributed by atoms with Gasteiger partial charge in [-0.1, -0.05) is 13.8 Å². The largest absolute Gasteiger partial charge is 0.508 e. The maximum atomic E-state index is 12.0. The van der Waals surface area contributed by atoms with E-state index in [1.54, 1.807) is 12.1 Å². The third-order valence-electron chi connectivity index (χ3n) is 2.80. The average Bonchev–Trinajstić information content (AvgIpc) is 2.16. The molecule has 2 rings (SSSR count). The summed E-state index contributed by atoms with van der Waals surface area (Å²) >= 11 is 0. The summed E-state index contributed by atoms with van der Waals surface area (Å²) in [5.74, 6) is 1.38. The van der Waals surface area contributed by atoms with Crippen LogP contribution in [-0.4, -0.2) is 15.1 Å². The highest BCUT2D eigenvalue weighted by molar-refractivity contribution is 7.85. The molecule has 0 aromatic heterocycles. The molecule has 1 unspecified atom stereocenters. The Hall–Kier alpha value is -0.830. The molecule has 1 aliphatic heterocycles. The molecule has 1 heterocycles. The highest BCUT2D eigenvalue weighted by atomic mass is 32.2. The summed E-state index contributed by atoms with van der Waals surface area (Å²) in [6.07, 6.45) is 1.90. The molecule has 82 valence electrons. The zero-order chi connectivity index (χ0) is 11.0. The molecule has 1 N–H and O–H groups in total. The Labute approximate surface area is 92.8 Å². The van der Waals surface area contributed by atoms with Gasteiger partial charge in [-0.3, -0.25) is 4.21 Å². The van der Waals surface area contributed by atoms with Crippen LogP contribution < -0.4 is 0 Å². The SMILES string of the molecule is CC(C)c1cc(O)cc2c1S(=O)CCC2. The van der Waals surface area contributed by atoms with Crippen LogP contribution in [-0.2, 0) is 17.2 Å². The van der Waals surface area contributed by atoms with E-state index in [2.05, 4.69) is 13.8 Å². The number of phenols is 1. The van der Waals surface area contributed by atoms with E-state index in [4.69, 9.17) is 0 Å². The molecule has 1 aromatic rings. The van der Waals surface area contributed by atoms with Crippen LogP contribution in [0.15, 0.2) is 17.0 Å². The third kappa shape index (κ3) is 1.93. The molecule has 0 bridgehead atoms. The number of phenolic OH excluding ortho intramolecular Hbond substituents is 1. The molecule has 0 saturated heterocycles. The van der Waals surface area contributed by atoms with Crippen molar-refractivity contribution >= 4 is 10.8 Å². The second-order valence-corrected chi connectivity index (χ2v) is 5.84. The van der Waals surface area contributed by atoms with E-state index in [0.29, 0.717) is 11.7 Å². The van der Waals surface area contributed by atoms with Crippen molar-refractivity contribution in [1.29, 1.82) is 0 Å². The maximum absolute atomic E-state index is 12.0. The Kier molecular flexibility index (Phi) is 2.83. The third-order valence-corrected chi connectivity index (χ3v) is 4.42. The Bertz CT molecular complexity index is 410. The molecule has 1 aliphatic rings. The zero-order valence-electron chi connectivity index (χ0n) is 9.12. The predicted molar refractivity (Wildman–Crippen MR) is 61.8 cm³/mol. The van der Waals surface area contributed by atoms with Crippen molar-refractivity contribution in [3.05, 3.63) is 23.3 Å². The van der Waals surface area contributed by atoms with Crippen molar-refractivity contribution in [3.63, 3.8) is 0 Å². The average molecular weight is 224 g/mol. The topological polar surface area (TPSA) is 37.3 Å². The van der Waals surface area contributed by atoms with Crippen LogP contribution in [0.5, 0.6) is 5.75 Å². The summed E-state index contributed by atoms with van der Waals surface area (Å²) in [7, 11) is -0.867. The fraction of sp³-hybridized carbons (Fsp3) is 0.500. The molecule has 15 heavy (non-hydrogen) atoms. The number of hydrogen-bond acceptors (Lipinski definition) is 2. The lowest BCUT2D eigenvalue weighted by atomic mass is 9.98. The molecule has 0 fully saturated rings. The summed E-state index contributed by atoms with van der Waals surface area (Å²) in [4.78, 5) is 0.981. The van der Waals surface area contributed by atoms with Crippen molar-refractivity contribution < 1.29 is 9.32 Å². The van der Waals surface area contributed by atoms with Crippen molar-refractivity contribution in [1.82, 2.24) is 0 Å². The molecule has 1 atom stereocenters. The van der Waals surface area contributed by atoms with Gasteiger partial charge in [0, 0.05) is 10.6 Å². The summed E-state index contributed by atoms with van der Waals surface area (Å²) in [6, 6.07) is 3.52. The second-order valence-electron chi connectivity index (χ2n) is 4.33. The van der Waals surface area contributed by atoms with Crippen LogP contribution in [0.3, 0.4) is 0 Å². The number of aryl methyl sites for hydroxylation is 1. The van der Waals surface area contributed by atoms with Crippen molar-refractivity contribution in [3.8, 4) is 5.75 Å². The smallest absolute Gasteiger partial charge is 0.116 e. The second kappa shape index (κ2) is 3.97. The molecular weight excluding hydrogens is 208 g/mol. The van der Waals surface area contributed by atoms with E-state index in [0.717, 1.165) is 34.6 Å². The first-order valence-corrected chi connectivity index (χ1v) is 6.65. The van der Waals surface area contributed by atoms with Gasteiger partial charge >= 0.3 is 0 Å². The van der Waals surface area contributed by atoms with Gasteiger partial charge < -0.3 is 5.11 Å². The van der Waals surface area contributed by atoms with E-state index in [-0.39, 0.29) is 0 Å². The number of benzene rings is 1. The first-order valence-electron chi connectivity index (χ1n) is 5.33. The molecule has 0 aliphatic carbocycles. The highest BCUT2D eigenvalue weighted by Crippen LogP contribution is 2.33. The van der Waals surface area contributed by atoms with Crippen LogP contribution in [0.2, 0.25) is 0 Å². The lowest BCUT2D eigenvalue weighted by molar-refractivity contribution is 0.472. The summed E-state index contributed by atoms with van der Waals surface area (Å²) < 4.78 is 12.0. The summed E-state index contributed by atoms with van der Waals surface area (Å²) in [5, 5.41) is 9.61. The summed E-state index contributed by atoms with van der Waals surface area (Å²) in [6.45, 7) is 4.14. The number of aromatic hydroxyl groups is 1. The molecule has 2 nitrogen and oxygen atoms in total. The maximum Gasteiger partial charge on any atom is 0.116 e. The van der Waals surface area contributed by atoms with Gasteiger partial charge in [-0.25, -0.2) is 0 Å². The van der Waals surface area contributed by atoms with Crippen LogP contribution in [0, 0.1) is 0 Å². The quantitative estimate of drug-likeness (QED) is 0.796. The van der Waals surface area contributed by atoms with Gasteiger partial charge in [0.05, 0.1) is 10.8 Å². The summed E-state index contributed by atoms with van der Waals surface area (Å²) in [5.41, 5.74) is 2.12. The van der Waals surface area contributed by atoms with Crippen molar-refractivity contribution in [2.24, 2.45) is 0 Å². The van der Waals surface area contributed by atoms with Gasteiger partial charge in [0.2, 0.25) is 0 Å². The lowest BCUT2D eigenvalue weighted by Crippen LogP contribution is -2.13. The van der Waals surface area contributed by atoms with E-state index in [1.807, 2.05) is 0 Å². The molecule has 3 heteroatoms. The zero-order valence-corrected chi connectivity index (χ0v) is 9.93.